The number of nitrogens with one attached hydrogen (secondary N) is 2. The zero-order valence-electron chi connectivity index (χ0n) is 9.33. The standard InChI is InChI=1S/C12H12FN3O/c1-16-12(17)10-9(6-14-11(10)15-16)7-2-4-8(13)5-3-7/h2-5,9,14-15H,6H2,1H3/t9-/m1/s1. The summed E-state index contributed by atoms with van der Waals surface area (Å²) in [6, 6.07) is 6.29. The van der Waals surface area contributed by atoms with E-state index in [0.717, 1.165) is 16.9 Å². The normalized spacial score (nSPS) is 17.9. The monoisotopic (exact) mass is 233 g/mol. The molecule has 0 amide bonds. The van der Waals surface area contributed by atoms with Gasteiger partial charge in [-0.3, -0.25) is 14.6 Å². The lowest BCUT2D eigenvalue weighted by Crippen LogP contribution is -2.19. The van der Waals surface area contributed by atoms with E-state index in [-0.39, 0.29) is 17.3 Å². The van der Waals surface area contributed by atoms with E-state index in [1.807, 2.05) is 0 Å². The molecule has 0 unspecified atom stereocenters. The number of halogens is 1. The number of aromatic amines is 1. The number of hydrogen-bond acceptors (Lipinski definition) is 2. The Hall–Kier alpha value is -2.04. The Morgan fingerprint density at radius 2 is 2.06 bits per heavy atom. The molecule has 88 valence electrons. The van der Waals surface area contributed by atoms with Gasteiger partial charge in [-0.1, -0.05) is 12.1 Å². The molecule has 4 nitrogen and oxygen atoms in total. The summed E-state index contributed by atoms with van der Waals surface area (Å²) in [6.07, 6.45) is 0. The van der Waals surface area contributed by atoms with Crippen LogP contribution in [0.15, 0.2) is 29.1 Å². The zero-order valence-corrected chi connectivity index (χ0v) is 9.33. The van der Waals surface area contributed by atoms with Crippen LogP contribution in [0.4, 0.5) is 10.2 Å². The quantitative estimate of drug-likeness (QED) is 0.782. The van der Waals surface area contributed by atoms with Gasteiger partial charge in [0.2, 0.25) is 0 Å². The number of aromatic nitrogens is 2. The Morgan fingerprint density at radius 1 is 1.35 bits per heavy atom. The first-order chi connectivity index (χ1) is 8.16. The van der Waals surface area contributed by atoms with E-state index < -0.39 is 0 Å². The van der Waals surface area contributed by atoms with Crippen molar-refractivity contribution < 1.29 is 4.39 Å². The molecule has 17 heavy (non-hydrogen) atoms. The van der Waals surface area contributed by atoms with Gasteiger partial charge < -0.3 is 5.32 Å². The van der Waals surface area contributed by atoms with Crippen molar-refractivity contribution in [2.45, 2.75) is 5.92 Å². The first-order valence-corrected chi connectivity index (χ1v) is 5.45. The maximum Gasteiger partial charge on any atom is 0.272 e. The summed E-state index contributed by atoms with van der Waals surface area (Å²) in [4.78, 5) is 11.9. The summed E-state index contributed by atoms with van der Waals surface area (Å²) in [6.45, 7) is 0.670. The first kappa shape index (κ1) is 10.1. The number of rotatable bonds is 1. The highest BCUT2D eigenvalue weighted by Crippen LogP contribution is 2.32. The molecule has 0 fully saturated rings. The molecule has 0 saturated carbocycles. The lowest BCUT2D eigenvalue weighted by Gasteiger charge is -2.08. The lowest BCUT2D eigenvalue weighted by molar-refractivity contribution is 0.626. The Kier molecular flexibility index (Phi) is 2.07. The predicted octanol–water partition coefficient (Wildman–Crippen LogP) is 1.41. The van der Waals surface area contributed by atoms with Crippen LogP contribution >= 0.6 is 0 Å². The number of aryl methyl sites for hydroxylation is 1. The maximum atomic E-state index is 12.9. The summed E-state index contributed by atoms with van der Waals surface area (Å²) < 4.78 is 14.3. The second-order valence-corrected chi connectivity index (χ2v) is 4.25. The average molecular weight is 233 g/mol. The minimum absolute atomic E-state index is 0.00412. The van der Waals surface area contributed by atoms with Crippen molar-refractivity contribution in [2.24, 2.45) is 7.05 Å². The zero-order chi connectivity index (χ0) is 12.0. The van der Waals surface area contributed by atoms with Crippen LogP contribution in [0.5, 0.6) is 0 Å². The molecule has 2 N–H and O–H groups in total. The largest absolute Gasteiger partial charge is 0.369 e. The van der Waals surface area contributed by atoms with Crippen LogP contribution in [0, 0.1) is 5.82 Å². The van der Waals surface area contributed by atoms with E-state index in [4.69, 9.17) is 0 Å². The topological polar surface area (TPSA) is 49.8 Å². The third-order valence-corrected chi connectivity index (χ3v) is 3.19. The highest BCUT2D eigenvalue weighted by molar-refractivity contribution is 5.55. The SMILES string of the molecule is Cn1[nH]c2c(c1=O)[C@@H](c1ccc(F)cc1)CN2. The number of anilines is 1. The molecule has 0 radical (unpaired) electrons. The van der Waals surface area contributed by atoms with Crippen molar-refractivity contribution >= 4 is 5.82 Å². The van der Waals surface area contributed by atoms with E-state index in [1.54, 1.807) is 19.2 Å². The number of benzene rings is 1. The summed E-state index contributed by atoms with van der Waals surface area (Å²) in [5, 5.41) is 6.11. The lowest BCUT2D eigenvalue weighted by atomic mass is 9.95. The Labute approximate surface area is 97.1 Å². The Bertz CT molecular complexity index is 612. The summed E-state index contributed by atoms with van der Waals surface area (Å²) in [7, 11) is 1.68. The average Bonchev–Trinajstić information content (AvgIpc) is 2.83. The number of H-pyrrole nitrogens is 1. The van der Waals surface area contributed by atoms with Gasteiger partial charge in [-0.15, -0.1) is 0 Å². The molecule has 1 atom stereocenters. The molecule has 2 heterocycles. The molecule has 0 spiro atoms. The van der Waals surface area contributed by atoms with Gasteiger partial charge in [-0.25, -0.2) is 4.39 Å². The molecule has 1 aliphatic heterocycles. The molecule has 1 aliphatic rings. The van der Waals surface area contributed by atoms with E-state index in [9.17, 15) is 9.18 Å². The molecule has 0 bridgehead atoms. The van der Waals surface area contributed by atoms with Crippen molar-refractivity contribution in [3.05, 3.63) is 51.6 Å². The van der Waals surface area contributed by atoms with Crippen molar-refractivity contribution in [2.75, 3.05) is 11.9 Å². The van der Waals surface area contributed by atoms with E-state index in [0.29, 0.717) is 6.54 Å². The van der Waals surface area contributed by atoms with Crippen LogP contribution in [0.25, 0.3) is 0 Å². The Morgan fingerprint density at radius 3 is 2.76 bits per heavy atom. The Balaban J connectivity index is 2.09. The highest BCUT2D eigenvalue weighted by atomic mass is 19.1. The molecule has 1 aromatic carbocycles. The number of nitrogens with zero attached hydrogens (tertiary/aromatic N) is 1. The fourth-order valence-corrected chi connectivity index (χ4v) is 2.31. The first-order valence-electron chi connectivity index (χ1n) is 5.45. The molecule has 3 rings (SSSR count). The van der Waals surface area contributed by atoms with Gasteiger partial charge in [0.15, 0.2) is 0 Å². The van der Waals surface area contributed by atoms with Crippen LogP contribution in [-0.4, -0.2) is 16.3 Å². The molecular formula is C12H12FN3O. The predicted molar refractivity (Wildman–Crippen MR) is 62.8 cm³/mol. The van der Waals surface area contributed by atoms with E-state index >= 15 is 0 Å². The smallest absolute Gasteiger partial charge is 0.272 e. The minimum atomic E-state index is -0.262. The fraction of sp³-hybridized carbons (Fsp3) is 0.250. The molecule has 0 aliphatic carbocycles. The van der Waals surface area contributed by atoms with Crippen LogP contribution in [-0.2, 0) is 7.05 Å². The summed E-state index contributed by atoms with van der Waals surface area (Å²) in [5.74, 6) is 0.504. The van der Waals surface area contributed by atoms with Crippen LogP contribution in [0.2, 0.25) is 0 Å². The van der Waals surface area contributed by atoms with E-state index in [2.05, 4.69) is 10.4 Å². The van der Waals surface area contributed by atoms with Crippen LogP contribution < -0.4 is 10.9 Å². The molecule has 1 aromatic heterocycles. The molecular weight excluding hydrogens is 221 g/mol. The number of fused-ring (bicyclic) bond motifs is 1. The number of hydrogen-bond donors (Lipinski definition) is 2. The van der Waals surface area contributed by atoms with Gasteiger partial charge in [-0.2, -0.15) is 0 Å². The molecule has 2 aromatic rings. The van der Waals surface area contributed by atoms with Crippen molar-refractivity contribution in [1.82, 2.24) is 9.78 Å². The third-order valence-electron chi connectivity index (χ3n) is 3.19. The molecule has 0 saturated heterocycles. The fourth-order valence-electron chi connectivity index (χ4n) is 2.31. The van der Waals surface area contributed by atoms with Crippen molar-refractivity contribution in [3.8, 4) is 0 Å². The van der Waals surface area contributed by atoms with Gasteiger partial charge in [0.25, 0.3) is 5.56 Å². The second kappa shape index (κ2) is 3.48. The van der Waals surface area contributed by atoms with Crippen LogP contribution in [0.1, 0.15) is 17.0 Å². The van der Waals surface area contributed by atoms with E-state index in [1.165, 1.54) is 16.8 Å². The highest BCUT2D eigenvalue weighted by Gasteiger charge is 2.29. The second-order valence-electron chi connectivity index (χ2n) is 4.25. The van der Waals surface area contributed by atoms with Crippen molar-refractivity contribution in [3.63, 3.8) is 0 Å². The minimum Gasteiger partial charge on any atom is -0.369 e. The van der Waals surface area contributed by atoms with Gasteiger partial charge in [0.1, 0.15) is 11.6 Å². The van der Waals surface area contributed by atoms with Gasteiger partial charge in [0.05, 0.1) is 5.56 Å². The van der Waals surface area contributed by atoms with Crippen LogP contribution in [0.3, 0.4) is 0 Å². The summed E-state index contributed by atoms with van der Waals surface area (Å²) >= 11 is 0. The third kappa shape index (κ3) is 1.46. The van der Waals surface area contributed by atoms with Gasteiger partial charge >= 0.3 is 0 Å². The maximum absolute atomic E-state index is 12.9. The molecule has 5 heteroatoms. The van der Waals surface area contributed by atoms with Crippen molar-refractivity contribution in [1.29, 1.82) is 0 Å². The van der Waals surface area contributed by atoms with Gasteiger partial charge in [0, 0.05) is 19.5 Å². The summed E-state index contributed by atoms with van der Waals surface area (Å²) in [5.41, 5.74) is 1.66. The van der Waals surface area contributed by atoms with Gasteiger partial charge in [-0.05, 0) is 17.7 Å².